The minimum absolute atomic E-state index is 0.404. The number of morpholine rings is 1. The van der Waals surface area contributed by atoms with Gasteiger partial charge in [0, 0.05) is 37.4 Å². The van der Waals surface area contributed by atoms with Crippen LogP contribution >= 0.6 is 12.2 Å². The maximum absolute atomic E-state index is 5.65. The molecule has 19 heavy (non-hydrogen) atoms. The zero-order valence-electron chi connectivity index (χ0n) is 11.2. The Labute approximate surface area is 119 Å². The van der Waals surface area contributed by atoms with Crippen LogP contribution in [0.4, 0.5) is 5.82 Å². The summed E-state index contributed by atoms with van der Waals surface area (Å²) in [5.74, 6) is 0.830. The number of rotatable bonds is 5. The molecule has 1 aliphatic heterocycles. The van der Waals surface area contributed by atoms with E-state index >= 15 is 0 Å². The van der Waals surface area contributed by atoms with E-state index in [0.717, 1.165) is 56.5 Å². The Hall–Kier alpha value is -1.24. The van der Waals surface area contributed by atoms with Crippen LogP contribution in [0.25, 0.3) is 0 Å². The highest BCUT2D eigenvalue weighted by Gasteiger charge is 2.09. The van der Waals surface area contributed by atoms with Gasteiger partial charge in [-0.3, -0.25) is 4.90 Å². The Bertz CT molecular complexity index is 446. The number of nitrogens with one attached hydrogen (secondary N) is 1. The molecule has 0 unspecified atom stereocenters. The molecule has 0 atom stereocenters. The zero-order chi connectivity index (χ0) is 13.7. The van der Waals surface area contributed by atoms with Gasteiger partial charge in [-0.1, -0.05) is 12.2 Å². The minimum Gasteiger partial charge on any atom is -0.389 e. The van der Waals surface area contributed by atoms with Crippen LogP contribution < -0.4 is 11.1 Å². The molecule has 104 valence electrons. The zero-order valence-corrected chi connectivity index (χ0v) is 12.0. The summed E-state index contributed by atoms with van der Waals surface area (Å²) in [6.45, 7) is 7.44. The summed E-state index contributed by atoms with van der Waals surface area (Å²) in [6, 6.07) is 3.80. The van der Waals surface area contributed by atoms with Crippen LogP contribution in [0.15, 0.2) is 12.1 Å². The molecule has 6 heteroatoms. The topological polar surface area (TPSA) is 63.4 Å². The molecule has 1 aliphatic rings. The number of pyridine rings is 1. The van der Waals surface area contributed by atoms with Gasteiger partial charge in [0.25, 0.3) is 0 Å². The van der Waals surface area contributed by atoms with Crippen molar-refractivity contribution in [2.45, 2.75) is 6.92 Å². The van der Waals surface area contributed by atoms with Crippen LogP contribution in [0.5, 0.6) is 0 Å². The third-order valence-corrected chi connectivity index (χ3v) is 3.31. The first kappa shape index (κ1) is 14.2. The summed E-state index contributed by atoms with van der Waals surface area (Å²) in [5.41, 5.74) is 7.42. The van der Waals surface area contributed by atoms with Crippen LogP contribution in [-0.4, -0.2) is 54.3 Å². The number of nitrogens with two attached hydrogens (primary N) is 1. The SMILES string of the molecule is Cc1cc(C(N)=S)cc(NCCN2CCOCC2)n1. The average Bonchev–Trinajstić information content (AvgIpc) is 2.39. The van der Waals surface area contributed by atoms with Gasteiger partial charge >= 0.3 is 0 Å². The molecule has 3 N–H and O–H groups in total. The third-order valence-electron chi connectivity index (χ3n) is 3.08. The van der Waals surface area contributed by atoms with E-state index in [1.54, 1.807) is 0 Å². The molecule has 2 rings (SSSR count). The lowest BCUT2D eigenvalue weighted by Crippen LogP contribution is -2.39. The molecule has 0 saturated carbocycles. The van der Waals surface area contributed by atoms with Crippen molar-refractivity contribution in [1.29, 1.82) is 0 Å². The molecule has 0 amide bonds. The van der Waals surface area contributed by atoms with Gasteiger partial charge in [-0.2, -0.15) is 0 Å². The molecule has 1 saturated heterocycles. The van der Waals surface area contributed by atoms with Gasteiger partial charge < -0.3 is 15.8 Å². The fourth-order valence-electron chi connectivity index (χ4n) is 2.07. The van der Waals surface area contributed by atoms with E-state index in [9.17, 15) is 0 Å². The van der Waals surface area contributed by atoms with Crippen molar-refractivity contribution in [3.63, 3.8) is 0 Å². The van der Waals surface area contributed by atoms with Crippen LogP contribution in [0.3, 0.4) is 0 Å². The van der Waals surface area contributed by atoms with Crippen molar-refractivity contribution in [2.24, 2.45) is 5.73 Å². The average molecular weight is 280 g/mol. The largest absolute Gasteiger partial charge is 0.389 e. The van der Waals surface area contributed by atoms with Crippen molar-refractivity contribution in [2.75, 3.05) is 44.7 Å². The number of nitrogens with zero attached hydrogens (tertiary/aromatic N) is 2. The normalized spacial score (nSPS) is 16.3. The second-order valence-corrected chi connectivity index (χ2v) is 5.07. The van der Waals surface area contributed by atoms with Gasteiger partial charge in [-0.25, -0.2) is 4.98 Å². The number of thiocarbonyl (C=S) groups is 1. The van der Waals surface area contributed by atoms with E-state index in [1.807, 2.05) is 19.1 Å². The quantitative estimate of drug-likeness (QED) is 0.777. The fourth-order valence-corrected chi connectivity index (χ4v) is 2.19. The highest BCUT2D eigenvalue weighted by atomic mass is 32.1. The molecule has 0 aliphatic carbocycles. The third kappa shape index (κ3) is 4.41. The number of aromatic nitrogens is 1. The first-order valence-corrected chi connectivity index (χ1v) is 6.88. The highest BCUT2D eigenvalue weighted by Crippen LogP contribution is 2.10. The fraction of sp³-hybridized carbons (Fsp3) is 0.538. The lowest BCUT2D eigenvalue weighted by Gasteiger charge is -2.26. The predicted molar refractivity (Wildman–Crippen MR) is 80.6 cm³/mol. The summed E-state index contributed by atoms with van der Waals surface area (Å²) in [7, 11) is 0. The summed E-state index contributed by atoms with van der Waals surface area (Å²) < 4.78 is 5.32. The maximum atomic E-state index is 5.65. The van der Waals surface area contributed by atoms with Crippen LogP contribution in [-0.2, 0) is 4.74 Å². The molecule has 5 nitrogen and oxygen atoms in total. The van der Waals surface area contributed by atoms with E-state index in [0.29, 0.717) is 4.99 Å². The van der Waals surface area contributed by atoms with Gasteiger partial charge in [0.1, 0.15) is 10.8 Å². The van der Waals surface area contributed by atoms with Crippen molar-refractivity contribution in [1.82, 2.24) is 9.88 Å². The Balaban J connectivity index is 1.86. The van der Waals surface area contributed by atoms with Crippen LogP contribution in [0, 0.1) is 6.92 Å². The summed E-state index contributed by atoms with van der Waals surface area (Å²) in [4.78, 5) is 7.21. The van der Waals surface area contributed by atoms with E-state index in [4.69, 9.17) is 22.7 Å². The molecule has 0 aromatic carbocycles. The molecule has 0 radical (unpaired) electrons. The van der Waals surface area contributed by atoms with Crippen molar-refractivity contribution in [3.05, 3.63) is 23.4 Å². The van der Waals surface area contributed by atoms with Crippen molar-refractivity contribution >= 4 is 23.0 Å². The number of hydrogen-bond acceptors (Lipinski definition) is 5. The van der Waals surface area contributed by atoms with Crippen molar-refractivity contribution < 1.29 is 4.74 Å². The molecular weight excluding hydrogens is 260 g/mol. The summed E-state index contributed by atoms with van der Waals surface area (Å²) in [6.07, 6.45) is 0. The van der Waals surface area contributed by atoms with E-state index in [1.165, 1.54) is 0 Å². The minimum atomic E-state index is 0.404. The Morgan fingerprint density at radius 3 is 2.89 bits per heavy atom. The number of ether oxygens (including phenoxy) is 1. The molecule has 0 spiro atoms. The lowest BCUT2D eigenvalue weighted by atomic mass is 10.2. The molecule has 1 aromatic rings. The molecule has 0 bridgehead atoms. The number of hydrogen-bond donors (Lipinski definition) is 2. The van der Waals surface area contributed by atoms with Gasteiger partial charge in [-0.15, -0.1) is 0 Å². The Morgan fingerprint density at radius 2 is 2.21 bits per heavy atom. The maximum Gasteiger partial charge on any atom is 0.126 e. The van der Waals surface area contributed by atoms with E-state index < -0.39 is 0 Å². The lowest BCUT2D eigenvalue weighted by molar-refractivity contribution is 0.0398. The van der Waals surface area contributed by atoms with E-state index in [2.05, 4.69) is 15.2 Å². The number of anilines is 1. The smallest absolute Gasteiger partial charge is 0.126 e. The van der Waals surface area contributed by atoms with Crippen LogP contribution in [0.1, 0.15) is 11.3 Å². The standard InChI is InChI=1S/C13H20N4OS/c1-10-8-11(13(14)19)9-12(16-10)15-2-3-17-4-6-18-7-5-17/h8-9H,2-7H2,1H3,(H2,14,19)(H,15,16). The number of aryl methyl sites for hydroxylation is 1. The summed E-state index contributed by atoms with van der Waals surface area (Å²) >= 11 is 5.00. The second kappa shape index (κ2) is 6.79. The highest BCUT2D eigenvalue weighted by molar-refractivity contribution is 7.80. The van der Waals surface area contributed by atoms with E-state index in [-0.39, 0.29) is 0 Å². The van der Waals surface area contributed by atoms with Gasteiger partial charge in [0.15, 0.2) is 0 Å². The molecule has 1 aromatic heterocycles. The first-order valence-electron chi connectivity index (χ1n) is 6.47. The Kier molecular flexibility index (Phi) is 5.07. The monoisotopic (exact) mass is 280 g/mol. The second-order valence-electron chi connectivity index (χ2n) is 4.63. The Morgan fingerprint density at radius 1 is 1.47 bits per heavy atom. The van der Waals surface area contributed by atoms with Crippen LogP contribution in [0.2, 0.25) is 0 Å². The molecule has 2 heterocycles. The molecule has 1 fully saturated rings. The first-order chi connectivity index (χ1) is 9.15. The van der Waals surface area contributed by atoms with Gasteiger partial charge in [0.05, 0.1) is 13.2 Å². The molecular formula is C13H20N4OS. The summed E-state index contributed by atoms with van der Waals surface area (Å²) in [5, 5.41) is 3.32. The predicted octanol–water partition coefficient (Wildman–Crippen LogP) is 0.768. The van der Waals surface area contributed by atoms with Gasteiger partial charge in [-0.05, 0) is 19.1 Å². The van der Waals surface area contributed by atoms with Crippen molar-refractivity contribution in [3.8, 4) is 0 Å². The van der Waals surface area contributed by atoms with Gasteiger partial charge in [0.2, 0.25) is 0 Å².